The molecule has 1 unspecified atom stereocenters. The highest BCUT2D eigenvalue weighted by molar-refractivity contribution is 7.89. The predicted octanol–water partition coefficient (Wildman–Crippen LogP) is 1.58. The van der Waals surface area contributed by atoms with Gasteiger partial charge in [-0.2, -0.15) is 9.40 Å². The highest BCUT2D eigenvalue weighted by atomic mass is 32.2. The van der Waals surface area contributed by atoms with Crippen molar-refractivity contribution in [1.82, 2.24) is 14.5 Å². The summed E-state index contributed by atoms with van der Waals surface area (Å²) in [5.74, 6) is 0.0943. The Hall–Kier alpha value is -1.38. The van der Waals surface area contributed by atoms with E-state index in [0.717, 1.165) is 17.7 Å². The number of sulfonamides is 1. The van der Waals surface area contributed by atoms with E-state index in [1.807, 2.05) is 17.5 Å². The number of hydrogen-bond donors (Lipinski definition) is 2. The summed E-state index contributed by atoms with van der Waals surface area (Å²) in [6, 6.07) is 3.83. The molecular formula is C11H14N4O2S2. The molecule has 0 aliphatic carbocycles. The maximum Gasteiger partial charge on any atom is 0.248 e. The van der Waals surface area contributed by atoms with Gasteiger partial charge in [0.25, 0.3) is 0 Å². The number of nitrogens with two attached hydrogens (primary N) is 1. The van der Waals surface area contributed by atoms with Crippen molar-refractivity contribution >= 4 is 27.2 Å². The number of rotatable bonds is 3. The molecule has 2 aromatic heterocycles. The van der Waals surface area contributed by atoms with Crippen LogP contribution in [0.1, 0.15) is 23.8 Å². The van der Waals surface area contributed by atoms with Crippen LogP contribution in [0, 0.1) is 0 Å². The maximum absolute atomic E-state index is 12.6. The Balaban J connectivity index is 1.99. The van der Waals surface area contributed by atoms with Crippen molar-refractivity contribution in [1.29, 1.82) is 0 Å². The number of thiophene rings is 1. The fourth-order valence-corrected chi connectivity index (χ4v) is 5.04. The Morgan fingerprint density at radius 3 is 3.00 bits per heavy atom. The molecule has 102 valence electrons. The van der Waals surface area contributed by atoms with Crippen molar-refractivity contribution in [3.8, 4) is 0 Å². The Labute approximate surface area is 115 Å². The Morgan fingerprint density at radius 2 is 2.37 bits per heavy atom. The van der Waals surface area contributed by atoms with E-state index >= 15 is 0 Å². The molecule has 3 N–H and O–H groups in total. The average Bonchev–Trinajstić information content (AvgIpc) is 3.09. The van der Waals surface area contributed by atoms with Crippen LogP contribution >= 0.6 is 11.3 Å². The third-order valence-corrected chi connectivity index (χ3v) is 6.20. The highest BCUT2D eigenvalue weighted by Gasteiger charge is 2.38. The number of anilines is 1. The molecule has 2 aromatic rings. The quantitative estimate of drug-likeness (QED) is 0.900. The van der Waals surface area contributed by atoms with Crippen molar-refractivity contribution in [2.24, 2.45) is 0 Å². The monoisotopic (exact) mass is 298 g/mol. The van der Waals surface area contributed by atoms with E-state index < -0.39 is 10.0 Å². The zero-order valence-corrected chi connectivity index (χ0v) is 11.7. The van der Waals surface area contributed by atoms with Gasteiger partial charge in [0.05, 0.1) is 12.2 Å². The normalized spacial score (nSPS) is 20.9. The Bertz CT molecular complexity index is 663. The van der Waals surface area contributed by atoms with Crippen LogP contribution in [0.15, 0.2) is 28.6 Å². The van der Waals surface area contributed by atoms with Crippen LogP contribution in [-0.2, 0) is 10.0 Å². The second-order valence-corrected chi connectivity index (χ2v) is 7.28. The largest absolute Gasteiger partial charge is 0.383 e. The molecule has 1 saturated heterocycles. The second-order valence-electron chi connectivity index (χ2n) is 4.44. The van der Waals surface area contributed by atoms with Gasteiger partial charge < -0.3 is 5.73 Å². The van der Waals surface area contributed by atoms with Gasteiger partial charge in [0.15, 0.2) is 0 Å². The number of aromatic amines is 1. The fourth-order valence-electron chi connectivity index (χ4n) is 2.41. The van der Waals surface area contributed by atoms with Gasteiger partial charge in [-0.3, -0.25) is 5.10 Å². The lowest BCUT2D eigenvalue weighted by atomic mass is 10.2. The number of nitrogen functional groups attached to an aromatic ring is 1. The van der Waals surface area contributed by atoms with Crippen molar-refractivity contribution in [3.05, 3.63) is 28.6 Å². The van der Waals surface area contributed by atoms with Gasteiger partial charge in [-0.25, -0.2) is 8.42 Å². The first kappa shape index (κ1) is 12.6. The molecule has 1 aliphatic rings. The highest BCUT2D eigenvalue weighted by Crippen LogP contribution is 2.38. The minimum Gasteiger partial charge on any atom is -0.383 e. The molecule has 6 nitrogen and oxygen atoms in total. The van der Waals surface area contributed by atoms with Gasteiger partial charge in [-0.1, -0.05) is 6.07 Å². The van der Waals surface area contributed by atoms with Gasteiger partial charge in [0, 0.05) is 11.4 Å². The molecule has 0 saturated carbocycles. The Morgan fingerprint density at radius 1 is 1.53 bits per heavy atom. The summed E-state index contributed by atoms with van der Waals surface area (Å²) in [6.45, 7) is 0.523. The SMILES string of the molecule is Nc1[nH]ncc1S(=O)(=O)N1CCCC1c1cccs1. The van der Waals surface area contributed by atoms with Crippen molar-refractivity contribution < 1.29 is 8.42 Å². The molecule has 1 atom stereocenters. The van der Waals surface area contributed by atoms with Crippen molar-refractivity contribution in [2.45, 2.75) is 23.8 Å². The molecule has 0 bridgehead atoms. The van der Waals surface area contributed by atoms with Crippen LogP contribution in [0.25, 0.3) is 0 Å². The van der Waals surface area contributed by atoms with E-state index in [4.69, 9.17) is 5.73 Å². The topological polar surface area (TPSA) is 92.1 Å². The lowest BCUT2D eigenvalue weighted by molar-refractivity contribution is 0.401. The molecule has 0 spiro atoms. The summed E-state index contributed by atoms with van der Waals surface area (Å²) in [7, 11) is -3.58. The van der Waals surface area contributed by atoms with Crippen molar-refractivity contribution in [3.63, 3.8) is 0 Å². The molecule has 0 amide bonds. The molecule has 3 rings (SSSR count). The molecule has 19 heavy (non-hydrogen) atoms. The Kier molecular flexibility index (Phi) is 3.08. The maximum atomic E-state index is 12.6. The van der Waals surface area contributed by atoms with E-state index in [1.165, 1.54) is 10.5 Å². The summed E-state index contributed by atoms with van der Waals surface area (Å²) in [5.41, 5.74) is 5.64. The minimum atomic E-state index is -3.58. The standard InChI is InChI=1S/C11H14N4O2S2/c12-11-10(7-13-14-11)19(16,17)15-5-1-3-8(15)9-4-2-6-18-9/h2,4,6-8H,1,3,5H2,(H3,12,13,14). The molecule has 0 radical (unpaired) electrons. The molecular weight excluding hydrogens is 284 g/mol. The minimum absolute atomic E-state index is 0.0657. The lowest BCUT2D eigenvalue weighted by Crippen LogP contribution is -2.30. The zero-order chi connectivity index (χ0) is 13.5. The number of hydrogen-bond acceptors (Lipinski definition) is 5. The summed E-state index contributed by atoms with van der Waals surface area (Å²) < 4.78 is 26.8. The van der Waals surface area contributed by atoms with E-state index in [1.54, 1.807) is 11.3 Å². The molecule has 8 heteroatoms. The zero-order valence-electron chi connectivity index (χ0n) is 10.1. The summed E-state index contributed by atoms with van der Waals surface area (Å²) in [4.78, 5) is 1.14. The van der Waals surface area contributed by atoms with E-state index in [9.17, 15) is 8.42 Å². The van der Waals surface area contributed by atoms with E-state index in [0.29, 0.717) is 6.54 Å². The summed E-state index contributed by atoms with van der Waals surface area (Å²) in [5, 5.41) is 8.13. The summed E-state index contributed by atoms with van der Waals surface area (Å²) >= 11 is 1.58. The molecule has 1 fully saturated rings. The lowest BCUT2D eigenvalue weighted by Gasteiger charge is -2.22. The number of aromatic nitrogens is 2. The smallest absolute Gasteiger partial charge is 0.248 e. The first-order valence-electron chi connectivity index (χ1n) is 5.95. The van der Waals surface area contributed by atoms with Crippen LogP contribution in [0.3, 0.4) is 0 Å². The van der Waals surface area contributed by atoms with Gasteiger partial charge in [0.2, 0.25) is 10.0 Å². The average molecular weight is 298 g/mol. The van der Waals surface area contributed by atoms with Crippen LogP contribution in [0.5, 0.6) is 0 Å². The van der Waals surface area contributed by atoms with Crippen molar-refractivity contribution in [2.75, 3.05) is 12.3 Å². The summed E-state index contributed by atoms with van der Waals surface area (Å²) in [6.07, 6.45) is 2.98. The van der Waals surface area contributed by atoms with Gasteiger partial charge >= 0.3 is 0 Å². The molecule has 0 aromatic carbocycles. The second kappa shape index (κ2) is 4.62. The number of nitrogens with zero attached hydrogens (tertiary/aromatic N) is 2. The van der Waals surface area contributed by atoms with Gasteiger partial charge in [0.1, 0.15) is 10.7 Å². The van der Waals surface area contributed by atoms with E-state index in [2.05, 4.69) is 10.2 Å². The molecule has 1 aliphatic heterocycles. The van der Waals surface area contributed by atoms with Gasteiger partial charge in [-0.05, 0) is 24.3 Å². The van der Waals surface area contributed by atoms with Crippen LogP contribution < -0.4 is 5.73 Å². The first-order chi connectivity index (χ1) is 9.10. The van der Waals surface area contributed by atoms with Crippen LogP contribution in [0.2, 0.25) is 0 Å². The third kappa shape index (κ3) is 2.05. The van der Waals surface area contributed by atoms with Crippen LogP contribution in [0.4, 0.5) is 5.82 Å². The first-order valence-corrected chi connectivity index (χ1v) is 8.27. The van der Waals surface area contributed by atoms with E-state index in [-0.39, 0.29) is 16.8 Å². The van der Waals surface area contributed by atoms with Crippen LogP contribution in [-0.4, -0.2) is 29.5 Å². The third-order valence-electron chi connectivity index (χ3n) is 3.29. The fraction of sp³-hybridized carbons (Fsp3) is 0.364. The predicted molar refractivity (Wildman–Crippen MR) is 73.2 cm³/mol. The van der Waals surface area contributed by atoms with Gasteiger partial charge in [-0.15, -0.1) is 11.3 Å². The number of nitrogens with one attached hydrogen (secondary N) is 1. The molecule has 3 heterocycles. The number of H-pyrrole nitrogens is 1.